The first kappa shape index (κ1) is 28.6. The van der Waals surface area contributed by atoms with Gasteiger partial charge in [-0.1, -0.05) is 158 Å². The van der Waals surface area contributed by atoms with E-state index in [1.807, 2.05) is 0 Å². The van der Waals surface area contributed by atoms with Crippen LogP contribution in [0.2, 0.25) is 0 Å². The van der Waals surface area contributed by atoms with Gasteiger partial charge in [0.25, 0.3) is 0 Å². The lowest BCUT2D eigenvalue weighted by molar-refractivity contribution is 0.794. The van der Waals surface area contributed by atoms with Gasteiger partial charge in [-0.3, -0.25) is 0 Å². The highest BCUT2D eigenvalue weighted by atomic mass is 15.0. The van der Waals surface area contributed by atoms with Crippen LogP contribution in [0.25, 0.3) is 93.9 Å². The van der Waals surface area contributed by atoms with Crippen molar-refractivity contribution in [2.75, 3.05) is 0 Å². The molecule has 0 saturated heterocycles. The number of aromatic nitrogens is 1. The van der Waals surface area contributed by atoms with Gasteiger partial charge in [0.05, 0.1) is 16.4 Å². The third-order valence-electron chi connectivity index (χ3n) is 12.7. The lowest BCUT2D eigenvalue weighted by atomic mass is 9.69. The molecular formula is C53H31N. The quantitative estimate of drug-likeness (QED) is 0.171. The van der Waals surface area contributed by atoms with Crippen LogP contribution in [0.4, 0.5) is 0 Å². The van der Waals surface area contributed by atoms with Gasteiger partial charge in [-0.2, -0.15) is 0 Å². The average molecular weight is 682 g/mol. The molecule has 0 saturated carbocycles. The zero-order valence-electron chi connectivity index (χ0n) is 29.3. The molecule has 0 amide bonds. The van der Waals surface area contributed by atoms with E-state index in [1.165, 1.54) is 116 Å². The molecule has 54 heavy (non-hydrogen) atoms. The van der Waals surface area contributed by atoms with Crippen molar-refractivity contribution in [2.45, 2.75) is 5.41 Å². The van der Waals surface area contributed by atoms with E-state index >= 15 is 0 Å². The van der Waals surface area contributed by atoms with Crippen molar-refractivity contribution in [2.24, 2.45) is 0 Å². The predicted molar refractivity (Wildman–Crippen MR) is 224 cm³/mol. The zero-order valence-corrected chi connectivity index (χ0v) is 29.3. The van der Waals surface area contributed by atoms with E-state index < -0.39 is 5.41 Å². The summed E-state index contributed by atoms with van der Waals surface area (Å²) < 4.78 is 2.45. The Morgan fingerprint density at radius 1 is 0.333 bits per heavy atom. The molecule has 1 heteroatoms. The van der Waals surface area contributed by atoms with Crippen molar-refractivity contribution in [1.82, 2.24) is 4.57 Å². The fourth-order valence-corrected chi connectivity index (χ4v) is 10.8. The third-order valence-corrected chi connectivity index (χ3v) is 12.7. The predicted octanol–water partition coefficient (Wildman–Crippen LogP) is 13.6. The number of para-hydroxylation sites is 2. The summed E-state index contributed by atoms with van der Waals surface area (Å²) in [6.07, 6.45) is 0. The molecule has 0 bridgehead atoms. The fraction of sp³-hybridized carbons (Fsp3) is 0.0189. The molecule has 0 unspecified atom stereocenters. The van der Waals surface area contributed by atoms with Crippen LogP contribution in [0.3, 0.4) is 0 Å². The van der Waals surface area contributed by atoms with Crippen LogP contribution in [0, 0.1) is 0 Å². The van der Waals surface area contributed by atoms with E-state index in [-0.39, 0.29) is 0 Å². The Morgan fingerprint density at radius 3 is 1.69 bits per heavy atom. The largest absolute Gasteiger partial charge is 0.309 e. The lowest BCUT2D eigenvalue weighted by Gasteiger charge is -2.31. The minimum atomic E-state index is -0.436. The Bertz CT molecular complexity index is 3220. The maximum absolute atomic E-state index is 2.58. The van der Waals surface area contributed by atoms with Gasteiger partial charge in [-0.15, -0.1) is 0 Å². The Labute approximate surface area is 313 Å². The molecular weight excluding hydrogens is 651 g/mol. The van der Waals surface area contributed by atoms with Gasteiger partial charge in [-0.25, -0.2) is 0 Å². The molecule has 1 aromatic heterocycles. The highest BCUT2D eigenvalue weighted by Crippen LogP contribution is 2.67. The van der Waals surface area contributed by atoms with Crippen molar-refractivity contribution < 1.29 is 0 Å². The SMILES string of the molecule is c1ccc(-n2c3ccccc3c3ccc(-c4c5c(cc6c4-c4ccccc4C64c6ccccc6-c6ccccc64)-c4cccc6cccc-5c46)cc32)cc1. The van der Waals surface area contributed by atoms with E-state index in [2.05, 4.69) is 193 Å². The fourth-order valence-electron chi connectivity index (χ4n) is 10.8. The van der Waals surface area contributed by atoms with Gasteiger partial charge < -0.3 is 4.57 Å². The van der Waals surface area contributed by atoms with Crippen LogP contribution < -0.4 is 0 Å². The van der Waals surface area contributed by atoms with Crippen LogP contribution in [-0.4, -0.2) is 4.57 Å². The number of benzene rings is 9. The van der Waals surface area contributed by atoms with Crippen LogP contribution >= 0.6 is 0 Å². The molecule has 0 aliphatic heterocycles. The summed E-state index contributed by atoms with van der Waals surface area (Å²) in [7, 11) is 0. The molecule has 1 heterocycles. The first-order valence-electron chi connectivity index (χ1n) is 18.9. The summed E-state index contributed by atoms with van der Waals surface area (Å²) in [4.78, 5) is 0. The Hall–Kier alpha value is -6.96. The normalized spacial score (nSPS) is 13.7. The summed E-state index contributed by atoms with van der Waals surface area (Å²) in [5, 5.41) is 5.18. The molecule has 0 fully saturated rings. The molecule has 1 spiro atoms. The van der Waals surface area contributed by atoms with Gasteiger partial charge in [-0.05, 0) is 119 Å². The highest BCUT2D eigenvalue weighted by molar-refractivity contribution is 6.22. The van der Waals surface area contributed by atoms with Crippen molar-refractivity contribution in [3.05, 3.63) is 210 Å². The third kappa shape index (κ3) is 3.33. The maximum atomic E-state index is 2.58. The highest BCUT2D eigenvalue weighted by Gasteiger charge is 2.53. The monoisotopic (exact) mass is 681 g/mol. The van der Waals surface area contributed by atoms with Crippen LogP contribution in [-0.2, 0) is 5.41 Å². The summed E-state index contributed by atoms with van der Waals surface area (Å²) in [6.45, 7) is 0. The van der Waals surface area contributed by atoms with Gasteiger partial charge in [0, 0.05) is 16.5 Å². The second-order valence-electron chi connectivity index (χ2n) is 15.1. The lowest BCUT2D eigenvalue weighted by Crippen LogP contribution is -2.26. The summed E-state index contributed by atoms with van der Waals surface area (Å²) >= 11 is 0. The van der Waals surface area contributed by atoms with Crippen molar-refractivity contribution in [3.63, 3.8) is 0 Å². The zero-order chi connectivity index (χ0) is 35.1. The topological polar surface area (TPSA) is 4.93 Å². The van der Waals surface area contributed by atoms with Crippen molar-refractivity contribution in [3.8, 4) is 61.3 Å². The van der Waals surface area contributed by atoms with Gasteiger partial charge in [0.15, 0.2) is 0 Å². The second kappa shape index (κ2) is 10.1. The van der Waals surface area contributed by atoms with Gasteiger partial charge in [0.1, 0.15) is 0 Å². The van der Waals surface area contributed by atoms with E-state index in [9.17, 15) is 0 Å². The van der Waals surface area contributed by atoms with Crippen LogP contribution in [0.1, 0.15) is 22.3 Å². The molecule has 1 nitrogen and oxygen atoms in total. The van der Waals surface area contributed by atoms with Crippen molar-refractivity contribution >= 4 is 32.6 Å². The van der Waals surface area contributed by atoms with Crippen LogP contribution in [0.5, 0.6) is 0 Å². The molecule has 13 rings (SSSR count). The van der Waals surface area contributed by atoms with Gasteiger partial charge in [0.2, 0.25) is 0 Å². The Morgan fingerprint density at radius 2 is 0.926 bits per heavy atom. The Kier molecular flexibility index (Phi) is 5.36. The van der Waals surface area contributed by atoms with E-state index in [0.29, 0.717) is 0 Å². The minimum Gasteiger partial charge on any atom is -0.309 e. The molecule has 3 aliphatic rings. The summed E-state index contributed by atoms with van der Waals surface area (Å²) in [6, 6.07) is 70.7. The van der Waals surface area contributed by atoms with E-state index in [1.54, 1.807) is 0 Å². The smallest absolute Gasteiger partial charge is 0.0725 e. The molecule has 0 N–H and O–H groups in total. The molecule has 9 aromatic carbocycles. The molecule has 10 aromatic rings. The second-order valence-corrected chi connectivity index (χ2v) is 15.1. The van der Waals surface area contributed by atoms with E-state index in [4.69, 9.17) is 0 Å². The molecule has 0 radical (unpaired) electrons. The number of fused-ring (bicyclic) bond motifs is 16. The number of rotatable bonds is 2. The average Bonchev–Trinajstić information content (AvgIpc) is 3.93. The van der Waals surface area contributed by atoms with Crippen LogP contribution in [0.15, 0.2) is 188 Å². The van der Waals surface area contributed by atoms with Crippen molar-refractivity contribution in [1.29, 1.82) is 0 Å². The molecule has 248 valence electrons. The maximum Gasteiger partial charge on any atom is 0.0725 e. The first-order valence-corrected chi connectivity index (χ1v) is 18.9. The van der Waals surface area contributed by atoms with E-state index in [0.717, 1.165) is 0 Å². The number of hydrogen-bond acceptors (Lipinski definition) is 0. The number of nitrogens with zero attached hydrogens (tertiary/aromatic N) is 1. The van der Waals surface area contributed by atoms with Gasteiger partial charge >= 0.3 is 0 Å². The standard InChI is InChI=1S/C53H31N/c1-2-16-34(17-3-1)54-47-27-11-7-20-37(47)38-29-28-33(30-48(38)54)50-51-41-23-13-15-32-14-12-22-39(49(32)41)42(51)31-46-52(50)40-21-6-10-26-45(40)53(46)43-24-8-4-18-35(43)36-19-5-9-25-44(36)53/h1-31H. The first-order chi connectivity index (χ1) is 26.8. The minimum absolute atomic E-state index is 0.436. The summed E-state index contributed by atoms with van der Waals surface area (Å²) in [5.74, 6) is 0. The summed E-state index contributed by atoms with van der Waals surface area (Å²) in [5.41, 5.74) is 21.9. The Balaban J connectivity index is 1.23. The molecule has 3 aliphatic carbocycles. The number of hydrogen-bond donors (Lipinski definition) is 0. The molecule has 0 atom stereocenters.